The molecule has 2 fully saturated rings. The molecule has 3 aliphatic rings. The number of aryl methyl sites for hydroxylation is 1. The van der Waals surface area contributed by atoms with Gasteiger partial charge in [-0.25, -0.2) is 9.37 Å². The van der Waals surface area contributed by atoms with Gasteiger partial charge in [0.15, 0.2) is 5.82 Å². The maximum atomic E-state index is 14.3. The second-order valence-corrected chi connectivity index (χ2v) is 13.2. The van der Waals surface area contributed by atoms with Gasteiger partial charge in [0.25, 0.3) is 11.8 Å². The second-order valence-electron chi connectivity index (χ2n) is 13.2. The van der Waals surface area contributed by atoms with Crippen molar-refractivity contribution >= 4 is 45.3 Å². The number of nitrogens with one attached hydrogen (secondary N) is 2. The third-order valence-corrected chi connectivity index (χ3v) is 9.67. The van der Waals surface area contributed by atoms with Crippen LogP contribution in [-0.4, -0.2) is 75.7 Å². The zero-order chi connectivity index (χ0) is 33.3. The molecule has 1 saturated carbocycles. The van der Waals surface area contributed by atoms with Crippen LogP contribution in [0.2, 0.25) is 0 Å². The number of hydrogen-bond acceptors (Lipinski definition) is 6. The molecule has 2 atom stereocenters. The maximum absolute atomic E-state index is 14.3. The molecule has 3 aromatic carbocycles. The van der Waals surface area contributed by atoms with Crippen molar-refractivity contribution in [3.63, 3.8) is 0 Å². The summed E-state index contributed by atoms with van der Waals surface area (Å²) in [6.45, 7) is 1.07. The average molecular weight is 650 g/mol. The van der Waals surface area contributed by atoms with Crippen LogP contribution in [0, 0.1) is 5.92 Å². The third kappa shape index (κ3) is 5.26. The van der Waals surface area contributed by atoms with E-state index >= 15 is 0 Å². The number of benzene rings is 3. The van der Waals surface area contributed by atoms with Gasteiger partial charge >= 0.3 is 0 Å². The van der Waals surface area contributed by atoms with Crippen LogP contribution in [0.15, 0.2) is 54.6 Å². The Morgan fingerprint density at radius 1 is 1.06 bits per heavy atom. The summed E-state index contributed by atoms with van der Waals surface area (Å²) >= 11 is 0. The van der Waals surface area contributed by atoms with Gasteiger partial charge in [-0.3, -0.25) is 14.4 Å². The van der Waals surface area contributed by atoms with E-state index in [1.807, 2.05) is 29.8 Å². The molecule has 2 aliphatic heterocycles. The van der Waals surface area contributed by atoms with E-state index in [2.05, 4.69) is 33.4 Å². The highest BCUT2D eigenvalue weighted by Crippen LogP contribution is 2.39. The molecule has 8 rings (SSSR count). The quantitative estimate of drug-likeness (QED) is 0.248. The first-order valence-corrected chi connectivity index (χ1v) is 16.3. The van der Waals surface area contributed by atoms with E-state index in [-0.39, 0.29) is 37.2 Å². The number of fused-ring (bicyclic) bond motifs is 3. The Balaban J connectivity index is 1.22. The van der Waals surface area contributed by atoms with Crippen LogP contribution in [0.5, 0.6) is 5.75 Å². The molecular formula is C36H36FN7O4. The molecule has 0 unspecified atom stereocenters. The zero-order valence-corrected chi connectivity index (χ0v) is 26.8. The molecule has 4 N–H and O–H groups in total. The van der Waals surface area contributed by atoms with Crippen molar-refractivity contribution in [2.24, 2.45) is 18.7 Å². The van der Waals surface area contributed by atoms with Crippen LogP contribution in [0.4, 0.5) is 10.1 Å². The predicted molar refractivity (Wildman–Crippen MR) is 181 cm³/mol. The maximum Gasteiger partial charge on any atom is 0.254 e. The van der Waals surface area contributed by atoms with E-state index in [0.717, 1.165) is 58.5 Å². The topological polar surface area (TPSA) is 137 Å². The normalized spacial score (nSPS) is 19.6. The summed E-state index contributed by atoms with van der Waals surface area (Å²) in [6, 6.07) is 16.9. The Hall–Kier alpha value is -5.23. The fourth-order valence-electron chi connectivity index (χ4n) is 7.09. The highest BCUT2D eigenvalue weighted by atomic mass is 19.1. The van der Waals surface area contributed by atoms with Gasteiger partial charge in [0.1, 0.15) is 17.4 Å². The number of rotatable bonds is 6. The molecule has 11 nitrogen and oxygen atoms in total. The van der Waals surface area contributed by atoms with Crippen molar-refractivity contribution in [2.45, 2.75) is 38.0 Å². The fourth-order valence-corrected chi connectivity index (χ4v) is 7.09. The van der Waals surface area contributed by atoms with Crippen LogP contribution in [0.3, 0.4) is 0 Å². The lowest BCUT2D eigenvalue weighted by atomic mass is 10.0. The van der Waals surface area contributed by atoms with E-state index in [0.29, 0.717) is 40.5 Å². The lowest BCUT2D eigenvalue weighted by Crippen LogP contribution is -2.50. The number of likely N-dealkylation sites (tertiary alicyclic amines) is 1. The Morgan fingerprint density at radius 3 is 2.62 bits per heavy atom. The number of nitrogens with two attached hydrogens (primary N) is 1. The van der Waals surface area contributed by atoms with E-state index < -0.39 is 12.2 Å². The van der Waals surface area contributed by atoms with Crippen molar-refractivity contribution in [2.75, 3.05) is 32.1 Å². The number of ether oxygens (including phenoxy) is 1. The van der Waals surface area contributed by atoms with E-state index in [4.69, 9.17) is 15.5 Å². The molecule has 0 spiro atoms. The minimum atomic E-state index is -1.15. The van der Waals surface area contributed by atoms with Crippen LogP contribution < -0.4 is 21.1 Å². The number of alkyl halides is 1. The van der Waals surface area contributed by atoms with Gasteiger partial charge in [-0.05, 0) is 72.7 Å². The number of carbonyl (C=O) groups excluding carboxylic acids is 3. The zero-order valence-electron chi connectivity index (χ0n) is 26.8. The largest absolute Gasteiger partial charge is 0.494 e. The summed E-state index contributed by atoms with van der Waals surface area (Å²) in [5, 5.41) is 6.49. The number of anilines is 1. The number of carbonyl (C=O) groups is 3. The smallest absolute Gasteiger partial charge is 0.254 e. The Bertz CT molecular complexity index is 2140. The highest BCUT2D eigenvalue weighted by molar-refractivity contribution is 6.09. The summed E-state index contributed by atoms with van der Waals surface area (Å²) in [6.07, 6.45) is 1.41. The first-order valence-electron chi connectivity index (χ1n) is 16.3. The van der Waals surface area contributed by atoms with E-state index in [1.165, 1.54) is 4.90 Å². The average Bonchev–Trinajstić information content (AvgIpc) is 3.77. The predicted octanol–water partition coefficient (Wildman–Crippen LogP) is 4.47. The first kappa shape index (κ1) is 30.1. The van der Waals surface area contributed by atoms with Crippen LogP contribution >= 0.6 is 0 Å². The molecule has 12 heteroatoms. The second kappa shape index (κ2) is 11.5. The van der Waals surface area contributed by atoms with Crippen molar-refractivity contribution in [3.05, 3.63) is 65.7 Å². The van der Waals surface area contributed by atoms with Gasteiger partial charge in [-0.2, -0.15) is 0 Å². The molecule has 246 valence electrons. The molecule has 2 aromatic heterocycles. The number of nitrogens with zero attached hydrogens (tertiary/aromatic N) is 4. The highest BCUT2D eigenvalue weighted by Gasteiger charge is 2.31. The summed E-state index contributed by atoms with van der Waals surface area (Å²) in [7, 11) is 3.51. The molecule has 0 radical (unpaired) electrons. The fraction of sp³-hybridized carbons (Fsp3) is 0.333. The number of hydrogen-bond donors (Lipinski definition) is 3. The van der Waals surface area contributed by atoms with Crippen molar-refractivity contribution in [1.82, 2.24) is 24.3 Å². The lowest BCUT2D eigenvalue weighted by Gasteiger charge is -2.33. The van der Waals surface area contributed by atoms with Gasteiger partial charge < -0.3 is 35.1 Å². The number of methoxy groups -OCH3 is 1. The van der Waals surface area contributed by atoms with Gasteiger partial charge in [-0.1, -0.05) is 18.2 Å². The third-order valence-electron chi connectivity index (χ3n) is 9.67. The molecular weight excluding hydrogens is 613 g/mol. The number of imidazole rings is 1. The minimum Gasteiger partial charge on any atom is -0.494 e. The summed E-state index contributed by atoms with van der Waals surface area (Å²) in [5.74, 6) is 0.947. The molecule has 1 aliphatic carbocycles. The summed E-state index contributed by atoms with van der Waals surface area (Å²) in [5.41, 5.74) is 12.5. The van der Waals surface area contributed by atoms with E-state index in [1.54, 1.807) is 25.3 Å². The molecule has 4 heterocycles. The van der Waals surface area contributed by atoms with Gasteiger partial charge in [0.2, 0.25) is 5.91 Å². The number of piperidine rings is 1. The number of amides is 3. The lowest BCUT2D eigenvalue weighted by molar-refractivity contribution is -0.115. The van der Waals surface area contributed by atoms with Crippen LogP contribution in [-0.2, 0) is 18.4 Å². The monoisotopic (exact) mass is 649 g/mol. The Kier molecular flexibility index (Phi) is 7.20. The standard InChI is InChI=1S/C36H36FN7O4/c1-42-33-28(10-23(13-31(33)48-2)36(47)43-17-24(37)14-25(38)18-43)41-34(42)30-12-22-6-5-21(11-29(22)44(30)16-19-3-4-19)20-7-8-27-26(9-20)35(46)39-15-32(45)40-27/h5-13,19,24-25H,3-4,14-18,38H2,1-2H3,(H,39,46)(H,40,45)/t24-,25-/m1/s1. The SMILES string of the molecule is COc1cc(C(=O)N2C[C@H](N)C[C@@H](F)C2)cc2nc(-c3cc4ccc(-c5ccc6c(c5)C(=O)NCC(=O)N6)cc4n3CC3CC3)n(C)c12. The molecule has 0 bridgehead atoms. The molecule has 3 amide bonds. The van der Waals surface area contributed by atoms with Crippen molar-refractivity contribution in [3.8, 4) is 28.4 Å². The molecule has 1 saturated heterocycles. The van der Waals surface area contributed by atoms with Crippen LogP contribution in [0.25, 0.3) is 44.6 Å². The minimum absolute atomic E-state index is 0.0127. The number of halogens is 1. The van der Waals surface area contributed by atoms with Gasteiger partial charge in [-0.15, -0.1) is 0 Å². The Morgan fingerprint density at radius 2 is 1.85 bits per heavy atom. The van der Waals surface area contributed by atoms with Gasteiger partial charge in [0, 0.05) is 42.6 Å². The summed E-state index contributed by atoms with van der Waals surface area (Å²) in [4.78, 5) is 44.8. The van der Waals surface area contributed by atoms with Crippen molar-refractivity contribution < 1.29 is 23.5 Å². The van der Waals surface area contributed by atoms with Gasteiger partial charge in [0.05, 0.1) is 42.7 Å². The number of aromatic nitrogens is 3. The van der Waals surface area contributed by atoms with Crippen molar-refractivity contribution in [1.29, 1.82) is 0 Å². The molecule has 5 aromatic rings. The first-order chi connectivity index (χ1) is 23.2. The van der Waals surface area contributed by atoms with Crippen LogP contribution in [0.1, 0.15) is 40.0 Å². The molecule has 48 heavy (non-hydrogen) atoms. The van der Waals surface area contributed by atoms with E-state index in [9.17, 15) is 18.8 Å². The Labute approximate surface area is 275 Å². The summed E-state index contributed by atoms with van der Waals surface area (Å²) < 4.78 is 24.4.